The number of fused-ring (bicyclic) bond motifs is 4. The molecule has 1 aliphatic heterocycles. The predicted octanol–water partition coefficient (Wildman–Crippen LogP) is 6.09. The van der Waals surface area contributed by atoms with Gasteiger partial charge >= 0.3 is 5.97 Å². The number of esters is 1. The number of aliphatic hydroxyl groups is 1. The number of carbonyl (C=O) groups excluding carboxylic acids is 2. The van der Waals surface area contributed by atoms with Crippen LogP contribution in [0.2, 0.25) is 0 Å². The van der Waals surface area contributed by atoms with Crippen molar-refractivity contribution in [3.8, 4) is 0 Å². The van der Waals surface area contributed by atoms with Gasteiger partial charge in [-0.2, -0.15) is 0 Å². The van der Waals surface area contributed by atoms with Crippen LogP contribution in [0.15, 0.2) is 0 Å². The lowest BCUT2D eigenvalue weighted by atomic mass is 9.30. The van der Waals surface area contributed by atoms with Crippen molar-refractivity contribution in [2.75, 3.05) is 0 Å². The highest BCUT2D eigenvalue weighted by Crippen LogP contribution is 2.80. The molecule has 4 nitrogen and oxygen atoms in total. The summed E-state index contributed by atoms with van der Waals surface area (Å²) in [5, 5.41) is 12.2. The summed E-state index contributed by atoms with van der Waals surface area (Å²) in [7, 11) is 0. The topological polar surface area (TPSA) is 63.6 Å². The molecule has 1 heterocycles. The van der Waals surface area contributed by atoms with E-state index >= 15 is 0 Å². The maximum absolute atomic E-state index is 13.7. The van der Waals surface area contributed by atoms with Crippen molar-refractivity contribution in [2.24, 2.45) is 50.2 Å². The molecule has 9 atom stereocenters. The Morgan fingerprint density at radius 2 is 1.50 bits per heavy atom. The van der Waals surface area contributed by atoms with E-state index in [1.165, 1.54) is 0 Å². The lowest BCUT2D eigenvalue weighted by Crippen LogP contribution is -2.76. The van der Waals surface area contributed by atoms with Crippen LogP contribution < -0.4 is 0 Å². The highest BCUT2D eigenvalue weighted by molar-refractivity contribution is 5.85. The first-order valence-corrected chi connectivity index (χ1v) is 14.1. The van der Waals surface area contributed by atoms with Gasteiger partial charge in [0.05, 0.1) is 11.5 Å². The van der Waals surface area contributed by atoms with Gasteiger partial charge in [0, 0.05) is 23.2 Å². The van der Waals surface area contributed by atoms with Crippen LogP contribution in [0.1, 0.15) is 113 Å². The summed E-state index contributed by atoms with van der Waals surface area (Å²) < 4.78 is 6.62. The molecule has 3 unspecified atom stereocenters. The molecule has 0 radical (unpaired) electrons. The first-order valence-electron chi connectivity index (χ1n) is 14.1. The number of carbonyl (C=O) groups is 2. The molecule has 0 aromatic heterocycles. The molecule has 6 fully saturated rings. The summed E-state index contributed by atoms with van der Waals surface area (Å²) >= 11 is 0. The molecule has 190 valence electrons. The Hall–Kier alpha value is -0.900. The SMILES string of the molecule is CC1(C)CC[C@@]23CC[C@]4(C)[C@@](OC2=O)(C3C1)[C@@H](O)CC1[C@@]2(C)CCC(=O)C(C)(C)C2CC[C@]14C. The summed E-state index contributed by atoms with van der Waals surface area (Å²) in [5.41, 5.74) is -1.54. The van der Waals surface area contributed by atoms with Crippen LogP contribution in [-0.2, 0) is 14.3 Å². The second kappa shape index (κ2) is 6.32. The standard InChI is InChI=1S/C30H46O4/c1-24(2)12-14-29-15-13-28(7)27(6)11-8-18-25(3,4)21(31)9-10-26(18,5)19(27)16-22(32)30(28,20(29)17-24)34-23(29)33/h18-20,22,32H,8-17H2,1-7H3/t18?,19?,20?,22-,26-,27+,28-,29-,30+/m0/s1. The third-order valence-corrected chi connectivity index (χ3v) is 13.8. The molecule has 6 rings (SSSR count). The van der Waals surface area contributed by atoms with Crippen molar-refractivity contribution in [3.63, 3.8) is 0 Å². The van der Waals surface area contributed by atoms with Gasteiger partial charge in [0.1, 0.15) is 11.4 Å². The fourth-order valence-electron chi connectivity index (χ4n) is 11.6. The minimum Gasteiger partial charge on any atom is -0.455 e. The third kappa shape index (κ3) is 2.28. The second-order valence-electron chi connectivity index (χ2n) is 15.6. The van der Waals surface area contributed by atoms with Gasteiger partial charge in [0.25, 0.3) is 0 Å². The van der Waals surface area contributed by atoms with Crippen LogP contribution >= 0.6 is 0 Å². The van der Waals surface area contributed by atoms with E-state index in [-0.39, 0.29) is 44.4 Å². The fourth-order valence-corrected chi connectivity index (χ4v) is 11.6. The third-order valence-electron chi connectivity index (χ3n) is 13.8. The zero-order chi connectivity index (χ0) is 24.7. The van der Waals surface area contributed by atoms with Crippen molar-refractivity contribution < 1.29 is 19.4 Å². The van der Waals surface area contributed by atoms with Gasteiger partial charge in [-0.25, -0.2) is 0 Å². The van der Waals surface area contributed by atoms with Crippen LogP contribution in [0.3, 0.4) is 0 Å². The van der Waals surface area contributed by atoms with Crippen molar-refractivity contribution >= 4 is 11.8 Å². The molecule has 0 aromatic carbocycles. The highest BCUT2D eigenvalue weighted by Gasteiger charge is 2.83. The summed E-state index contributed by atoms with van der Waals surface area (Å²) in [6, 6.07) is 0. The number of aliphatic hydroxyl groups excluding tert-OH is 1. The molecule has 2 bridgehead atoms. The van der Waals surface area contributed by atoms with Crippen LogP contribution in [0.5, 0.6) is 0 Å². The lowest BCUT2D eigenvalue weighted by molar-refractivity contribution is -0.311. The zero-order valence-electron chi connectivity index (χ0n) is 22.6. The average Bonchev–Trinajstić information content (AvgIpc) is 2.93. The second-order valence-corrected chi connectivity index (χ2v) is 15.6. The largest absolute Gasteiger partial charge is 0.455 e. The van der Waals surface area contributed by atoms with E-state index in [1.807, 2.05) is 0 Å². The molecular weight excluding hydrogens is 424 g/mol. The van der Waals surface area contributed by atoms with E-state index in [9.17, 15) is 14.7 Å². The maximum Gasteiger partial charge on any atom is 0.313 e. The first-order chi connectivity index (χ1) is 15.6. The molecule has 1 N–H and O–H groups in total. The molecule has 5 saturated carbocycles. The summed E-state index contributed by atoms with van der Waals surface area (Å²) in [6.07, 6.45) is 8.56. The van der Waals surface area contributed by atoms with Crippen molar-refractivity contribution in [2.45, 2.75) is 124 Å². The molecule has 1 spiro atoms. The Morgan fingerprint density at radius 1 is 0.824 bits per heavy atom. The van der Waals surface area contributed by atoms with Crippen LogP contribution in [0.4, 0.5) is 0 Å². The van der Waals surface area contributed by atoms with Crippen molar-refractivity contribution in [1.29, 1.82) is 0 Å². The summed E-state index contributed by atoms with van der Waals surface area (Å²) in [6.45, 7) is 16.3. The number of rotatable bonds is 0. The van der Waals surface area contributed by atoms with Gasteiger partial charge in [-0.15, -0.1) is 0 Å². The Bertz CT molecular complexity index is 967. The molecule has 34 heavy (non-hydrogen) atoms. The molecule has 0 amide bonds. The number of ether oxygens (including phenoxy) is 1. The van der Waals surface area contributed by atoms with E-state index in [2.05, 4.69) is 48.5 Å². The Morgan fingerprint density at radius 3 is 2.21 bits per heavy atom. The van der Waals surface area contributed by atoms with Gasteiger partial charge < -0.3 is 9.84 Å². The molecule has 5 aliphatic carbocycles. The Kier molecular flexibility index (Phi) is 4.37. The van der Waals surface area contributed by atoms with Crippen LogP contribution in [-0.4, -0.2) is 28.6 Å². The molecule has 1 saturated heterocycles. The van der Waals surface area contributed by atoms with E-state index < -0.39 is 11.7 Å². The quantitative estimate of drug-likeness (QED) is 0.435. The number of hydrogen-bond donors (Lipinski definition) is 1. The van der Waals surface area contributed by atoms with Crippen molar-refractivity contribution in [1.82, 2.24) is 0 Å². The Labute approximate surface area is 206 Å². The van der Waals surface area contributed by atoms with Crippen LogP contribution in [0, 0.1) is 50.2 Å². The van der Waals surface area contributed by atoms with E-state index in [4.69, 9.17) is 4.74 Å². The molecular formula is C30H46O4. The van der Waals surface area contributed by atoms with Gasteiger partial charge in [0.15, 0.2) is 0 Å². The highest BCUT2D eigenvalue weighted by atomic mass is 16.6. The van der Waals surface area contributed by atoms with Gasteiger partial charge in [-0.05, 0) is 85.9 Å². The van der Waals surface area contributed by atoms with E-state index in [0.717, 1.165) is 51.4 Å². The summed E-state index contributed by atoms with van der Waals surface area (Å²) in [4.78, 5) is 26.6. The monoisotopic (exact) mass is 470 g/mol. The maximum atomic E-state index is 13.7. The minimum atomic E-state index is -0.769. The average molecular weight is 471 g/mol. The minimum absolute atomic E-state index is 0.0119. The van der Waals surface area contributed by atoms with E-state index in [1.54, 1.807) is 0 Å². The predicted molar refractivity (Wildman–Crippen MR) is 131 cm³/mol. The van der Waals surface area contributed by atoms with Crippen LogP contribution in [0.25, 0.3) is 0 Å². The molecule has 4 heteroatoms. The van der Waals surface area contributed by atoms with Gasteiger partial charge in [0.2, 0.25) is 0 Å². The molecule has 0 aromatic rings. The molecule has 6 aliphatic rings. The number of ketones is 1. The zero-order valence-corrected chi connectivity index (χ0v) is 22.6. The number of Topliss-reactive ketones (excluding diaryl/α,β-unsaturated/α-hetero) is 1. The lowest BCUT2D eigenvalue weighted by Gasteiger charge is -2.74. The first kappa shape index (κ1) is 23.5. The number of hydrogen-bond acceptors (Lipinski definition) is 4. The smallest absolute Gasteiger partial charge is 0.313 e. The Balaban J connectivity index is 1.50. The van der Waals surface area contributed by atoms with Crippen molar-refractivity contribution in [3.05, 3.63) is 0 Å². The normalized spacial score (nSPS) is 57.1. The van der Waals surface area contributed by atoms with E-state index in [0.29, 0.717) is 30.5 Å². The van der Waals surface area contributed by atoms with Gasteiger partial charge in [-0.1, -0.05) is 48.5 Å². The fraction of sp³-hybridized carbons (Fsp3) is 0.933. The van der Waals surface area contributed by atoms with Gasteiger partial charge in [-0.3, -0.25) is 9.59 Å². The summed E-state index contributed by atoms with van der Waals surface area (Å²) in [5.74, 6) is 1.20.